The van der Waals surface area contributed by atoms with Gasteiger partial charge in [-0.05, 0) is 69.1 Å². The summed E-state index contributed by atoms with van der Waals surface area (Å²) in [6, 6.07) is 3.31. The van der Waals surface area contributed by atoms with E-state index < -0.39 is 21.6 Å². The van der Waals surface area contributed by atoms with Gasteiger partial charge in [-0.3, -0.25) is 4.79 Å². The van der Waals surface area contributed by atoms with E-state index in [9.17, 15) is 26.4 Å². The molecule has 3 aliphatic rings. The van der Waals surface area contributed by atoms with Crippen molar-refractivity contribution in [3.63, 3.8) is 0 Å². The Morgan fingerprint density at radius 1 is 1.18 bits per heavy atom. The van der Waals surface area contributed by atoms with Gasteiger partial charge in [0.1, 0.15) is 15.4 Å². The Hall–Kier alpha value is -2.23. The predicted molar refractivity (Wildman–Crippen MR) is 118 cm³/mol. The second kappa shape index (κ2) is 7.65. The van der Waals surface area contributed by atoms with Crippen LogP contribution in [0.3, 0.4) is 0 Å². The van der Waals surface area contributed by atoms with Crippen LogP contribution in [-0.4, -0.2) is 44.5 Å². The Morgan fingerprint density at radius 2 is 1.88 bits per heavy atom. The molecule has 180 valence electrons. The highest BCUT2D eigenvalue weighted by molar-refractivity contribution is 7.91. The van der Waals surface area contributed by atoms with E-state index in [4.69, 9.17) is 4.42 Å². The molecule has 2 heterocycles. The van der Waals surface area contributed by atoms with Crippen molar-refractivity contribution in [1.82, 2.24) is 5.32 Å². The van der Waals surface area contributed by atoms with Gasteiger partial charge >= 0.3 is 6.18 Å². The highest BCUT2D eigenvalue weighted by atomic mass is 32.2. The molecule has 10 heteroatoms. The van der Waals surface area contributed by atoms with Crippen LogP contribution in [0.5, 0.6) is 0 Å². The third-order valence-corrected chi connectivity index (χ3v) is 9.13. The number of furan rings is 1. The summed E-state index contributed by atoms with van der Waals surface area (Å²) in [6.07, 6.45) is 2.13. The maximum atomic E-state index is 13.4. The van der Waals surface area contributed by atoms with Crippen molar-refractivity contribution in [2.24, 2.45) is 5.92 Å². The van der Waals surface area contributed by atoms with E-state index in [0.29, 0.717) is 42.9 Å². The van der Waals surface area contributed by atoms with Crippen molar-refractivity contribution in [3.05, 3.63) is 29.5 Å². The summed E-state index contributed by atoms with van der Waals surface area (Å²) in [5.41, 5.74) is -0.445. The van der Waals surface area contributed by atoms with Gasteiger partial charge in [0.2, 0.25) is 5.76 Å². The van der Waals surface area contributed by atoms with E-state index in [0.717, 1.165) is 44.2 Å². The monoisotopic (exact) mass is 484 g/mol. The summed E-state index contributed by atoms with van der Waals surface area (Å²) in [7, 11) is -3.04. The highest BCUT2D eigenvalue weighted by Gasteiger charge is 2.49. The zero-order valence-corrected chi connectivity index (χ0v) is 19.2. The van der Waals surface area contributed by atoms with E-state index in [2.05, 4.69) is 5.32 Å². The van der Waals surface area contributed by atoms with Crippen LogP contribution in [0.2, 0.25) is 0 Å². The van der Waals surface area contributed by atoms with Gasteiger partial charge in [0, 0.05) is 24.7 Å². The number of nitrogens with zero attached hydrogens (tertiary/aromatic N) is 1. The molecule has 1 aromatic carbocycles. The van der Waals surface area contributed by atoms with Crippen LogP contribution in [0, 0.1) is 5.92 Å². The van der Waals surface area contributed by atoms with Crippen molar-refractivity contribution in [2.45, 2.75) is 61.9 Å². The minimum Gasteiger partial charge on any atom is -0.449 e. The second-order valence-corrected chi connectivity index (χ2v) is 12.2. The topological polar surface area (TPSA) is 79.6 Å². The maximum absolute atomic E-state index is 13.4. The number of rotatable bonds is 4. The number of amides is 1. The molecule has 0 bridgehead atoms. The molecule has 0 unspecified atom stereocenters. The minimum absolute atomic E-state index is 0.0638. The van der Waals surface area contributed by atoms with Crippen LogP contribution in [0.15, 0.2) is 22.6 Å². The SMILES string of the molecule is CS(=O)(=O)C1CCC(CCN2CC3(CC3)NC(=O)c3oc4ccc(C(F)(F)F)cc4c32)CC1. The molecule has 6 nitrogen and oxygen atoms in total. The number of anilines is 1. The van der Waals surface area contributed by atoms with Gasteiger partial charge in [0.05, 0.1) is 22.0 Å². The molecular weight excluding hydrogens is 457 g/mol. The fraction of sp³-hybridized carbons (Fsp3) is 0.609. The predicted octanol–water partition coefficient (Wildman–Crippen LogP) is 4.53. The van der Waals surface area contributed by atoms with Crippen molar-refractivity contribution in [2.75, 3.05) is 24.2 Å². The van der Waals surface area contributed by atoms with E-state index in [1.165, 1.54) is 12.3 Å². The van der Waals surface area contributed by atoms with Crippen molar-refractivity contribution >= 4 is 32.4 Å². The van der Waals surface area contributed by atoms with Crippen LogP contribution < -0.4 is 10.2 Å². The average molecular weight is 485 g/mol. The van der Waals surface area contributed by atoms with Crippen LogP contribution >= 0.6 is 0 Å². The number of carbonyl (C=O) groups excluding carboxylic acids is 1. The van der Waals surface area contributed by atoms with Gasteiger partial charge in [0.15, 0.2) is 0 Å². The van der Waals surface area contributed by atoms with E-state index in [1.807, 2.05) is 4.90 Å². The number of hydrogen-bond donors (Lipinski definition) is 1. The molecule has 2 aliphatic carbocycles. The first-order chi connectivity index (χ1) is 15.5. The van der Waals surface area contributed by atoms with Crippen molar-refractivity contribution in [3.8, 4) is 0 Å². The van der Waals surface area contributed by atoms with Gasteiger partial charge < -0.3 is 14.6 Å². The zero-order valence-electron chi connectivity index (χ0n) is 18.4. The van der Waals surface area contributed by atoms with Gasteiger partial charge in [-0.1, -0.05) is 0 Å². The van der Waals surface area contributed by atoms with Crippen molar-refractivity contribution in [1.29, 1.82) is 0 Å². The van der Waals surface area contributed by atoms with Gasteiger partial charge in [-0.15, -0.1) is 0 Å². The largest absolute Gasteiger partial charge is 0.449 e. The lowest BCUT2D eigenvalue weighted by Gasteiger charge is -2.31. The molecule has 2 fully saturated rings. The Morgan fingerprint density at radius 3 is 2.48 bits per heavy atom. The fourth-order valence-corrected chi connectivity index (χ4v) is 6.45. The molecule has 0 atom stereocenters. The smallest absolute Gasteiger partial charge is 0.416 e. The molecule has 1 aliphatic heterocycles. The molecule has 1 amide bonds. The van der Waals surface area contributed by atoms with Crippen LogP contribution in [0.4, 0.5) is 18.9 Å². The lowest BCUT2D eigenvalue weighted by molar-refractivity contribution is -0.137. The Kier molecular flexibility index (Phi) is 5.23. The highest BCUT2D eigenvalue weighted by Crippen LogP contribution is 2.45. The molecule has 1 spiro atoms. The fourth-order valence-electron chi connectivity index (χ4n) is 5.32. The number of fused-ring (bicyclic) bond motifs is 3. The summed E-state index contributed by atoms with van der Waals surface area (Å²) in [5.74, 6) is 0.0229. The quantitative estimate of drug-likeness (QED) is 0.690. The second-order valence-electron chi connectivity index (χ2n) is 9.91. The number of hydrogen-bond acceptors (Lipinski definition) is 5. The zero-order chi connectivity index (χ0) is 23.6. The summed E-state index contributed by atoms with van der Waals surface area (Å²) < 4.78 is 69.6. The standard InChI is InChI=1S/C23H27F3N2O4S/c1-33(30,31)16-5-2-14(3-6-16)8-11-28-13-22(9-10-22)27-21(29)20-19(28)17-12-15(23(24,25)26)4-7-18(17)32-20/h4,7,12,14,16H,2-3,5-6,8-11,13H2,1H3,(H,27,29). The Labute approximate surface area is 190 Å². The van der Waals surface area contributed by atoms with Crippen LogP contribution in [0.25, 0.3) is 11.0 Å². The molecule has 0 radical (unpaired) electrons. The molecular formula is C23H27F3N2O4S. The van der Waals surface area contributed by atoms with Crippen LogP contribution in [-0.2, 0) is 16.0 Å². The Bertz CT molecular complexity index is 1190. The Balaban J connectivity index is 1.43. The van der Waals surface area contributed by atoms with Gasteiger partial charge in [-0.25, -0.2) is 8.42 Å². The lowest BCUT2D eigenvalue weighted by Crippen LogP contribution is -2.43. The lowest BCUT2D eigenvalue weighted by atomic mass is 9.86. The first kappa shape index (κ1) is 22.6. The molecule has 33 heavy (non-hydrogen) atoms. The van der Waals surface area contributed by atoms with Crippen molar-refractivity contribution < 1.29 is 30.8 Å². The first-order valence-electron chi connectivity index (χ1n) is 11.4. The van der Waals surface area contributed by atoms with E-state index in [-0.39, 0.29) is 28.0 Å². The molecule has 2 aromatic rings. The van der Waals surface area contributed by atoms with Crippen LogP contribution in [0.1, 0.15) is 61.1 Å². The van der Waals surface area contributed by atoms with E-state index in [1.54, 1.807) is 0 Å². The number of halogens is 3. The minimum atomic E-state index is -4.49. The number of alkyl halides is 3. The summed E-state index contributed by atoms with van der Waals surface area (Å²) in [4.78, 5) is 14.9. The maximum Gasteiger partial charge on any atom is 0.416 e. The third kappa shape index (κ3) is 4.34. The first-order valence-corrected chi connectivity index (χ1v) is 13.3. The summed E-state index contributed by atoms with van der Waals surface area (Å²) in [5, 5.41) is 3.03. The summed E-state index contributed by atoms with van der Waals surface area (Å²) >= 11 is 0. The normalized spacial score (nSPS) is 25.1. The third-order valence-electron chi connectivity index (χ3n) is 7.44. The molecule has 2 saturated carbocycles. The number of benzene rings is 1. The molecule has 0 saturated heterocycles. The summed E-state index contributed by atoms with van der Waals surface area (Å²) in [6.45, 7) is 1.10. The van der Waals surface area contributed by atoms with Gasteiger partial charge in [0.25, 0.3) is 5.91 Å². The number of sulfone groups is 1. The number of carbonyl (C=O) groups is 1. The van der Waals surface area contributed by atoms with E-state index >= 15 is 0 Å². The molecule has 5 rings (SSSR count). The molecule has 1 aromatic heterocycles. The average Bonchev–Trinajstić information content (AvgIpc) is 3.40. The van der Waals surface area contributed by atoms with Gasteiger partial charge in [-0.2, -0.15) is 13.2 Å². The number of nitrogens with one attached hydrogen (secondary N) is 1. The molecule has 1 N–H and O–H groups in total.